The average molecular weight is 357 g/mol. The zero-order valence-electron chi connectivity index (χ0n) is 15.5. The van der Waals surface area contributed by atoms with E-state index >= 15 is 0 Å². The molecule has 0 radical (unpaired) electrons. The van der Waals surface area contributed by atoms with Crippen molar-refractivity contribution in [2.24, 2.45) is 7.05 Å². The van der Waals surface area contributed by atoms with E-state index in [1.165, 1.54) is 30.5 Å². The first-order chi connectivity index (χ1) is 12.2. The lowest BCUT2D eigenvalue weighted by atomic mass is 9.97. The summed E-state index contributed by atoms with van der Waals surface area (Å²) in [7, 11) is 2.11. The second kappa shape index (κ2) is 8.68. The van der Waals surface area contributed by atoms with Gasteiger partial charge in [0.2, 0.25) is 0 Å². The molecule has 5 heteroatoms. The second-order valence-electron chi connectivity index (χ2n) is 6.88. The SMILES string of the molecule is C/C=C(\C)CN1CCC[C@@H](c2nnc(SCc3ccccc3)n2C)C1. The van der Waals surface area contributed by atoms with E-state index in [-0.39, 0.29) is 0 Å². The van der Waals surface area contributed by atoms with Gasteiger partial charge >= 0.3 is 0 Å². The summed E-state index contributed by atoms with van der Waals surface area (Å²) in [6.45, 7) is 7.68. The van der Waals surface area contributed by atoms with Crippen LogP contribution in [0.15, 0.2) is 47.1 Å². The zero-order valence-corrected chi connectivity index (χ0v) is 16.3. The molecule has 0 bridgehead atoms. The van der Waals surface area contributed by atoms with Gasteiger partial charge in [-0.05, 0) is 38.8 Å². The molecule has 1 atom stereocenters. The van der Waals surface area contributed by atoms with Crippen LogP contribution in [0.25, 0.3) is 0 Å². The van der Waals surface area contributed by atoms with E-state index in [9.17, 15) is 0 Å². The minimum atomic E-state index is 0.488. The lowest BCUT2D eigenvalue weighted by Gasteiger charge is -2.32. The van der Waals surface area contributed by atoms with E-state index in [4.69, 9.17) is 0 Å². The van der Waals surface area contributed by atoms with Gasteiger partial charge in [0, 0.05) is 31.8 Å². The number of piperidine rings is 1. The number of hydrogen-bond acceptors (Lipinski definition) is 4. The molecule has 2 aromatic rings. The van der Waals surface area contributed by atoms with E-state index < -0.39 is 0 Å². The van der Waals surface area contributed by atoms with Gasteiger partial charge in [-0.2, -0.15) is 0 Å². The molecule has 0 saturated carbocycles. The number of aromatic nitrogens is 3. The van der Waals surface area contributed by atoms with Crippen LogP contribution in [-0.4, -0.2) is 39.3 Å². The highest BCUT2D eigenvalue weighted by atomic mass is 32.2. The van der Waals surface area contributed by atoms with Gasteiger partial charge in [0.15, 0.2) is 5.16 Å². The Labute approximate surface area is 155 Å². The summed E-state index contributed by atoms with van der Waals surface area (Å²) in [5.74, 6) is 2.56. The Balaban J connectivity index is 1.64. The zero-order chi connectivity index (χ0) is 17.6. The summed E-state index contributed by atoms with van der Waals surface area (Å²) in [5, 5.41) is 10.0. The molecule has 0 aliphatic carbocycles. The molecule has 0 N–H and O–H groups in total. The summed E-state index contributed by atoms with van der Waals surface area (Å²) >= 11 is 1.77. The van der Waals surface area contributed by atoms with Crippen molar-refractivity contribution in [3.63, 3.8) is 0 Å². The standard InChI is InChI=1S/C20H28N4S/c1-4-16(2)13-24-12-8-11-18(14-24)19-21-22-20(23(19)3)25-15-17-9-6-5-7-10-17/h4-7,9-10,18H,8,11-15H2,1-3H3/b16-4+/t18-/m1/s1. The van der Waals surface area contributed by atoms with Crippen LogP contribution in [0.5, 0.6) is 0 Å². The normalized spacial score (nSPS) is 19.3. The van der Waals surface area contributed by atoms with Gasteiger partial charge in [-0.15, -0.1) is 10.2 Å². The largest absolute Gasteiger partial charge is 0.309 e. The van der Waals surface area contributed by atoms with Gasteiger partial charge in [-0.25, -0.2) is 0 Å². The molecule has 1 aliphatic heterocycles. The van der Waals surface area contributed by atoms with Crippen molar-refractivity contribution < 1.29 is 0 Å². The van der Waals surface area contributed by atoms with Gasteiger partial charge in [-0.1, -0.05) is 53.7 Å². The summed E-state index contributed by atoms with van der Waals surface area (Å²) in [4.78, 5) is 2.55. The topological polar surface area (TPSA) is 34.0 Å². The van der Waals surface area contributed by atoms with Crippen LogP contribution in [0.1, 0.15) is 44.0 Å². The maximum Gasteiger partial charge on any atom is 0.191 e. The molecule has 1 aliphatic rings. The van der Waals surface area contributed by atoms with Crippen molar-refractivity contribution in [2.45, 2.75) is 43.5 Å². The number of allylic oxidation sites excluding steroid dienone is 1. The van der Waals surface area contributed by atoms with Crippen molar-refractivity contribution in [3.8, 4) is 0 Å². The van der Waals surface area contributed by atoms with Crippen molar-refractivity contribution in [1.82, 2.24) is 19.7 Å². The van der Waals surface area contributed by atoms with Gasteiger partial charge in [0.05, 0.1) is 0 Å². The monoisotopic (exact) mass is 356 g/mol. The molecule has 134 valence electrons. The van der Waals surface area contributed by atoms with E-state index in [1.54, 1.807) is 11.8 Å². The molecular formula is C20H28N4S. The molecule has 1 aromatic heterocycles. The number of thioether (sulfide) groups is 1. The van der Waals surface area contributed by atoms with Crippen LogP contribution in [0.2, 0.25) is 0 Å². The quantitative estimate of drug-likeness (QED) is 0.572. The number of hydrogen-bond donors (Lipinski definition) is 0. The summed E-state index contributed by atoms with van der Waals surface area (Å²) < 4.78 is 2.20. The van der Waals surface area contributed by atoms with Crippen LogP contribution in [0.4, 0.5) is 0 Å². The highest BCUT2D eigenvalue weighted by molar-refractivity contribution is 7.98. The Kier molecular flexibility index (Phi) is 6.32. The fourth-order valence-corrected chi connectivity index (χ4v) is 4.26. The van der Waals surface area contributed by atoms with Crippen molar-refractivity contribution >= 4 is 11.8 Å². The van der Waals surface area contributed by atoms with Gasteiger partial charge < -0.3 is 4.57 Å². The Hall–Kier alpha value is -1.59. The summed E-state index contributed by atoms with van der Waals surface area (Å²) in [5.41, 5.74) is 2.76. The highest BCUT2D eigenvalue weighted by Crippen LogP contribution is 2.29. The Morgan fingerprint density at radius 1 is 1.28 bits per heavy atom. The Bertz CT molecular complexity index is 708. The minimum absolute atomic E-state index is 0.488. The fraction of sp³-hybridized carbons (Fsp3) is 0.500. The van der Waals surface area contributed by atoms with Gasteiger partial charge in [0.25, 0.3) is 0 Å². The molecule has 0 unspecified atom stereocenters. The molecule has 2 heterocycles. The van der Waals surface area contributed by atoms with Crippen molar-refractivity contribution in [1.29, 1.82) is 0 Å². The summed E-state index contributed by atoms with van der Waals surface area (Å²) in [6.07, 6.45) is 4.66. The summed E-state index contributed by atoms with van der Waals surface area (Å²) in [6, 6.07) is 10.5. The van der Waals surface area contributed by atoms with Crippen LogP contribution >= 0.6 is 11.8 Å². The smallest absolute Gasteiger partial charge is 0.191 e. The number of nitrogens with zero attached hydrogens (tertiary/aromatic N) is 4. The predicted molar refractivity (Wildman–Crippen MR) is 105 cm³/mol. The lowest BCUT2D eigenvalue weighted by molar-refractivity contribution is 0.217. The third-order valence-corrected chi connectivity index (χ3v) is 6.01. The third-order valence-electron chi connectivity index (χ3n) is 4.92. The Morgan fingerprint density at radius 2 is 2.08 bits per heavy atom. The molecular weight excluding hydrogens is 328 g/mol. The molecule has 1 fully saturated rings. The highest BCUT2D eigenvalue weighted by Gasteiger charge is 2.25. The van der Waals surface area contributed by atoms with Gasteiger partial charge in [-0.3, -0.25) is 4.90 Å². The molecule has 1 saturated heterocycles. The number of likely N-dealkylation sites (tertiary alicyclic amines) is 1. The molecule has 0 amide bonds. The van der Waals surface area contributed by atoms with Crippen LogP contribution in [-0.2, 0) is 12.8 Å². The van der Waals surface area contributed by atoms with Crippen LogP contribution < -0.4 is 0 Å². The molecule has 4 nitrogen and oxygen atoms in total. The predicted octanol–water partition coefficient (Wildman–Crippen LogP) is 4.25. The first-order valence-corrected chi connectivity index (χ1v) is 10.1. The van der Waals surface area contributed by atoms with Crippen LogP contribution in [0, 0.1) is 0 Å². The Morgan fingerprint density at radius 3 is 2.84 bits per heavy atom. The molecule has 1 aromatic carbocycles. The van der Waals surface area contributed by atoms with Crippen molar-refractivity contribution in [2.75, 3.05) is 19.6 Å². The van der Waals surface area contributed by atoms with Crippen molar-refractivity contribution in [3.05, 3.63) is 53.4 Å². The lowest BCUT2D eigenvalue weighted by Crippen LogP contribution is -2.36. The van der Waals surface area contributed by atoms with E-state index in [2.05, 4.69) is 77.0 Å². The fourth-order valence-electron chi connectivity index (χ4n) is 3.38. The van der Waals surface area contributed by atoms with Crippen LogP contribution in [0.3, 0.4) is 0 Å². The molecule has 0 spiro atoms. The third kappa shape index (κ3) is 4.73. The number of benzene rings is 1. The van der Waals surface area contributed by atoms with Gasteiger partial charge in [0.1, 0.15) is 5.82 Å². The van der Waals surface area contributed by atoms with E-state index in [0.717, 1.165) is 29.8 Å². The first kappa shape index (κ1) is 18.2. The maximum atomic E-state index is 4.54. The number of rotatable bonds is 6. The first-order valence-electron chi connectivity index (χ1n) is 9.07. The molecule has 25 heavy (non-hydrogen) atoms. The maximum absolute atomic E-state index is 4.54. The van der Waals surface area contributed by atoms with E-state index in [1.807, 2.05) is 0 Å². The van der Waals surface area contributed by atoms with E-state index in [0.29, 0.717) is 5.92 Å². The second-order valence-corrected chi connectivity index (χ2v) is 7.83. The average Bonchev–Trinajstić information content (AvgIpc) is 3.01. The minimum Gasteiger partial charge on any atom is -0.309 e. The molecule has 3 rings (SSSR count).